The molecule has 1 aliphatic carbocycles. The maximum Gasteiger partial charge on any atom is 0.0110 e. The van der Waals surface area contributed by atoms with Crippen molar-refractivity contribution in [3.63, 3.8) is 0 Å². The smallest absolute Gasteiger partial charge is 0.0110 e. The van der Waals surface area contributed by atoms with Crippen LogP contribution in [-0.2, 0) is 0 Å². The molecule has 84 valence electrons. The van der Waals surface area contributed by atoms with Gasteiger partial charge >= 0.3 is 0 Å². The molecule has 1 fully saturated rings. The van der Waals surface area contributed by atoms with Crippen molar-refractivity contribution >= 4 is 0 Å². The number of nitrogens with two attached hydrogens (primary N) is 1. The first-order valence-electron chi connectivity index (χ1n) is 6.09. The van der Waals surface area contributed by atoms with Gasteiger partial charge < -0.3 is 11.1 Å². The second-order valence-electron chi connectivity index (χ2n) is 5.23. The molecule has 1 rings (SSSR count). The molecule has 2 heteroatoms. The Morgan fingerprint density at radius 2 is 2.00 bits per heavy atom. The number of hydrogen-bond donors (Lipinski definition) is 2. The summed E-state index contributed by atoms with van der Waals surface area (Å²) in [6.07, 6.45) is 5.27. The minimum Gasteiger partial charge on any atom is -0.330 e. The summed E-state index contributed by atoms with van der Waals surface area (Å²) in [7, 11) is 0. The van der Waals surface area contributed by atoms with E-state index in [4.69, 9.17) is 5.73 Å². The van der Waals surface area contributed by atoms with E-state index < -0.39 is 0 Å². The Labute approximate surface area is 88.6 Å². The lowest BCUT2D eigenvalue weighted by molar-refractivity contribution is 0.340. The van der Waals surface area contributed by atoms with Crippen LogP contribution in [0.1, 0.15) is 46.5 Å². The molecule has 3 N–H and O–H groups in total. The molecule has 0 radical (unpaired) electrons. The van der Waals surface area contributed by atoms with E-state index in [2.05, 4.69) is 26.1 Å². The van der Waals surface area contributed by atoms with Crippen LogP contribution in [0.5, 0.6) is 0 Å². The summed E-state index contributed by atoms with van der Waals surface area (Å²) in [5, 5.41) is 3.73. The predicted octanol–water partition coefficient (Wildman–Crippen LogP) is 2.14. The molecule has 3 atom stereocenters. The molecule has 0 aromatic carbocycles. The van der Waals surface area contributed by atoms with Gasteiger partial charge in [-0.3, -0.25) is 0 Å². The van der Waals surface area contributed by atoms with Crippen molar-refractivity contribution in [1.82, 2.24) is 5.32 Å². The molecule has 0 amide bonds. The molecule has 14 heavy (non-hydrogen) atoms. The van der Waals surface area contributed by atoms with Gasteiger partial charge in [-0.1, -0.05) is 20.3 Å². The van der Waals surface area contributed by atoms with Crippen LogP contribution in [0.15, 0.2) is 0 Å². The van der Waals surface area contributed by atoms with E-state index in [9.17, 15) is 0 Å². The third kappa shape index (κ3) is 3.58. The molecule has 0 aromatic rings. The quantitative estimate of drug-likeness (QED) is 0.710. The van der Waals surface area contributed by atoms with Crippen molar-refractivity contribution in [2.75, 3.05) is 6.54 Å². The van der Waals surface area contributed by atoms with Gasteiger partial charge in [-0.05, 0) is 44.6 Å². The zero-order valence-electron chi connectivity index (χ0n) is 9.92. The van der Waals surface area contributed by atoms with Crippen molar-refractivity contribution < 1.29 is 0 Å². The second-order valence-corrected chi connectivity index (χ2v) is 5.23. The third-order valence-electron chi connectivity index (χ3n) is 3.29. The summed E-state index contributed by atoms with van der Waals surface area (Å²) >= 11 is 0. The average molecular weight is 198 g/mol. The Morgan fingerprint density at radius 1 is 1.29 bits per heavy atom. The Morgan fingerprint density at radius 3 is 2.57 bits per heavy atom. The van der Waals surface area contributed by atoms with Gasteiger partial charge in [0.15, 0.2) is 0 Å². The minimum atomic E-state index is 0.646. The van der Waals surface area contributed by atoms with Crippen LogP contribution in [0.2, 0.25) is 0 Å². The van der Waals surface area contributed by atoms with Gasteiger partial charge in [-0.25, -0.2) is 0 Å². The fourth-order valence-corrected chi connectivity index (χ4v) is 2.68. The van der Waals surface area contributed by atoms with Crippen molar-refractivity contribution in [2.45, 2.75) is 58.5 Å². The van der Waals surface area contributed by atoms with E-state index in [0.717, 1.165) is 18.4 Å². The summed E-state index contributed by atoms with van der Waals surface area (Å²) in [5.74, 6) is 1.51. The standard InChI is InChI=1S/C12H26N2/c1-9(2)7-10(3)14-12-6-4-5-11(12)8-13/h9-12,14H,4-8,13H2,1-3H3. The van der Waals surface area contributed by atoms with Gasteiger partial charge in [0.05, 0.1) is 0 Å². The first-order chi connectivity index (χ1) is 6.63. The summed E-state index contributed by atoms with van der Waals surface area (Å²) in [6.45, 7) is 7.72. The van der Waals surface area contributed by atoms with Crippen LogP contribution in [0.3, 0.4) is 0 Å². The van der Waals surface area contributed by atoms with E-state index in [-0.39, 0.29) is 0 Å². The zero-order valence-corrected chi connectivity index (χ0v) is 9.92. The lowest BCUT2D eigenvalue weighted by Crippen LogP contribution is -2.41. The second kappa shape index (κ2) is 5.72. The van der Waals surface area contributed by atoms with Crippen molar-refractivity contribution in [3.8, 4) is 0 Å². The van der Waals surface area contributed by atoms with Gasteiger partial charge in [0.2, 0.25) is 0 Å². The van der Waals surface area contributed by atoms with E-state index in [0.29, 0.717) is 12.1 Å². The molecule has 1 saturated carbocycles. The van der Waals surface area contributed by atoms with Crippen LogP contribution in [0, 0.1) is 11.8 Å². The van der Waals surface area contributed by atoms with Crippen molar-refractivity contribution in [2.24, 2.45) is 17.6 Å². The highest BCUT2D eigenvalue weighted by atomic mass is 15.0. The molecular formula is C12H26N2. The first kappa shape index (κ1) is 12.0. The molecular weight excluding hydrogens is 172 g/mol. The Bertz CT molecular complexity index is 156. The van der Waals surface area contributed by atoms with Crippen LogP contribution in [0.4, 0.5) is 0 Å². The van der Waals surface area contributed by atoms with Crippen LogP contribution < -0.4 is 11.1 Å². The summed E-state index contributed by atoms with van der Waals surface area (Å²) in [4.78, 5) is 0. The molecule has 0 bridgehead atoms. The maximum atomic E-state index is 5.76. The fourth-order valence-electron chi connectivity index (χ4n) is 2.68. The Kier molecular flexibility index (Phi) is 4.90. The monoisotopic (exact) mass is 198 g/mol. The van der Waals surface area contributed by atoms with Gasteiger partial charge in [-0.15, -0.1) is 0 Å². The Hall–Kier alpha value is -0.0800. The zero-order chi connectivity index (χ0) is 10.6. The Balaban J connectivity index is 2.28. The SMILES string of the molecule is CC(C)CC(C)NC1CCCC1CN. The summed E-state index contributed by atoms with van der Waals surface area (Å²) in [5.41, 5.74) is 5.76. The van der Waals surface area contributed by atoms with Crippen LogP contribution in [-0.4, -0.2) is 18.6 Å². The minimum absolute atomic E-state index is 0.646. The van der Waals surface area contributed by atoms with Crippen LogP contribution in [0.25, 0.3) is 0 Å². The molecule has 0 spiro atoms. The van der Waals surface area contributed by atoms with Gasteiger partial charge in [-0.2, -0.15) is 0 Å². The van der Waals surface area contributed by atoms with Crippen LogP contribution >= 0.6 is 0 Å². The molecule has 0 aromatic heterocycles. The number of hydrogen-bond acceptors (Lipinski definition) is 2. The van der Waals surface area contributed by atoms with Gasteiger partial charge in [0.1, 0.15) is 0 Å². The maximum absolute atomic E-state index is 5.76. The molecule has 0 heterocycles. The first-order valence-corrected chi connectivity index (χ1v) is 6.09. The summed E-state index contributed by atoms with van der Waals surface area (Å²) < 4.78 is 0. The third-order valence-corrected chi connectivity index (χ3v) is 3.29. The highest BCUT2D eigenvalue weighted by Gasteiger charge is 2.26. The summed E-state index contributed by atoms with van der Waals surface area (Å²) in [6, 6.07) is 1.33. The van der Waals surface area contributed by atoms with Crippen molar-refractivity contribution in [1.29, 1.82) is 0 Å². The van der Waals surface area contributed by atoms with E-state index in [1.807, 2.05) is 0 Å². The topological polar surface area (TPSA) is 38.0 Å². The molecule has 0 saturated heterocycles. The molecule has 2 nitrogen and oxygen atoms in total. The lowest BCUT2D eigenvalue weighted by atomic mass is 10.00. The van der Waals surface area contributed by atoms with Gasteiger partial charge in [0, 0.05) is 12.1 Å². The fraction of sp³-hybridized carbons (Fsp3) is 1.00. The molecule has 3 unspecified atom stereocenters. The highest BCUT2D eigenvalue weighted by molar-refractivity contribution is 4.85. The molecule has 0 aliphatic heterocycles. The van der Waals surface area contributed by atoms with E-state index in [1.54, 1.807) is 0 Å². The van der Waals surface area contributed by atoms with Gasteiger partial charge in [0.25, 0.3) is 0 Å². The van der Waals surface area contributed by atoms with Crippen molar-refractivity contribution in [3.05, 3.63) is 0 Å². The number of nitrogens with one attached hydrogen (secondary N) is 1. The normalized spacial score (nSPS) is 29.8. The van der Waals surface area contributed by atoms with E-state index >= 15 is 0 Å². The number of rotatable bonds is 5. The average Bonchev–Trinajstić information content (AvgIpc) is 2.50. The largest absolute Gasteiger partial charge is 0.330 e. The van der Waals surface area contributed by atoms with E-state index in [1.165, 1.54) is 25.7 Å². The predicted molar refractivity (Wildman–Crippen MR) is 62.2 cm³/mol. The lowest BCUT2D eigenvalue weighted by Gasteiger charge is -2.25. The molecule has 1 aliphatic rings. The highest BCUT2D eigenvalue weighted by Crippen LogP contribution is 2.25.